The normalized spacial score (nSPS) is 12.5. The number of furan rings is 1. The number of aromatic nitrogens is 1. The Morgan fingerprint density at radius 1 is 1.24 bits per heavy atom. The van der Waals surface area contributed by atoms with Crippen molar-refractivity contribution in [1.29, 1.82) is 0 Å². The Morgan fingerprint density at radius 2 is 2.10 bits per heavy atom. The van der Waals surface area contributed by atoms with Gasteiger partial charge in [-0.2, -0.15) is 0 Å². The Balaban J connectivity index is 1.80. The van der Waals surface area contributed by atoms with E-state index in [0.717, 1.165) is 22.3 Å². The highest BCUT2D eigenvalue weighted by atomic mass is 16.5. The van der Waals surface area contributed by atoms with Crippen molar-refractivity contribution in [2.24, 2.45) is 5.73 Å². The zero-order valence-corrected chi connectivity index (χ0v) is 12.2. The number of methoxy groups -OCH3 is 1. The number of benzene rings is 1. The van der Waals surface area contributed by atoms with Crippen molar-refractivity contribution in [3.05, 3.63) is 59.5 Å². The number of hydrogen-bond donors (Lipinski definition) is 1. The number of pyridine rings is 1. The zero-order valence-electron chi connectivity index (χ0n) is 12.2. The fourth-order valence-electron chi connectivity index (χ4n) is 2.37. The van der Waals surface area contributed by atoms with Crippen LogP contribution in [0.25, 0.3) is 11.0 Å². The second-order valence-electron chi connectivity index (χ2n) is 5.21. The maximum absolute atomic E-state index is 6.25. The summed E-state index contributed by atoms with van der Waals surface area (Å²) >= 11 is 0. The van der Waals surface area contributed by atoms with Gasteiger partial charge in [-0.05, 0) is 37.1 Å². The Labute approximate surface area is 123 Å². The maximum Gasteiger partial charge on any atom is 0.212 e. The van der Waals surface area contributed by atoms with E-state index in [1.54, 1.807) is 13.3 Å². The van der Waals surface area contributed by atoms with Gasteiger partial charge in [-0.25, -0.2) is 4.98 Å². The fraction of sp³-hybridized carbons (Fsp3) is 0.235. The molecule has 0 radical (unpaired) electrons. The topological polar surface area (TPSA) is 61.3 Å². The highest BCUT2D eigenvalue weighted by Crippen LogP contribution is 2.25. The summed E-state index contributed by atoms with van der Waals surface area (Å²) in [4.78, 5) is 4.19. The molecular formula is C17H18N2O2. The van der Waals surface area contributed by atoms with Crippen LogP contribution in [0.1, 0.15) is 22.9 Å². The molecule has 2 N–H and O–H groups in total. The summed E-state index contributed by atoms with van der Waals surface area (Å²) in [6.07, 6.45) is 2.46. The van der Waals surface area contributed by atoms with Crippen LogP contribution in [-0.4, -0.2) is 12.1 Å². The SMILES string of the molecule is COc1ccc(CC(N)c2cc3cc(C)ccc3o2)cn1. The van der Waals surface area contributed by atoms with Crippen LogP contribution >= 0.6 is 0 Å². The number of ether oxygens (including phenoxy) is 1. The molecule has 108 valence electrons. The van der Waals surface area contributed by atoms with E-state index >= 15 is 0 Å². The van der Waals surface area contributed by atoms with Gasteiger partial charge in [0.15, 0.2) is 0 Å². The summed E-state index contributed by atoms with van der Waals surface area (Å²) in [5, 5.41) is 1.09. The molecule has 2 aromatic heterocycles. The average molecular weight is 282 g/mol. The smallest absolute Gasteiger partial charge is 0.212 e. The van der Waals surface area contributed by atoms with Gasteiger partial charge in [0.2, 0.25) is 5.88 Å². The van der Waals surface area contributed by atoms with Crippen LogP contribution in [0.5, 0.6) is 5.88 Å². The van der Waals surface area contributed by atoms with Crippen LogP contribution < -0.4 is 10.5 Å². The molecule has 1 atom stereocenters. The van der Waals surface area contributed by atoms with Gasteiger partial charge >= 0.3 is 0 Å². The van der Waals surface area contributed by atoms with E-state index in [0.29, 0.717) is 12.3 Å². The second-order valence-corrected chi connectivity index (χ2v) is 5.21. The quantitative estimate of drug-likeness (QED) is 0.796. The summed E-state index contributed by atoms with van der Waals surface area (Å²) in [5.74, 6) is 1.40. The lowest BCUT2D eigenvalue weighted by Gasteiger charge is -2.08. The van der Waals surface area contributed by atoms with E-state index in [9.17, 15) is 0 Å². The molecule has 1 aromatic carbocycles. The molecule has 21 heavy (non-hydrogen) atoms. The molecule has 0 fully saturated rings. The van der Waals surface area contributed by atoms with Gasteiger partial charge in [-0.3, -0.25) is 0 Å². The molecule has 0 spiro atoms. The highest BCUT2D eigenvalue weighted by Gasteiger charge is 2.13. The number of nitrogens with zero attached hydrogens (tertiary/aromatic N) is 1. The molecule has 0 amide bonds. The molecule has 0 aliphatic heterocycles. The number of hydrogen-bond acceptors (Lipinski definition) is 4. The monoisotopic (exact) mass is 282 g/mol. The van der Waals surface area contributed by atoms with Crippen molar-refractivity contribution in [1.82, 2.24) is 4.98 Å². The molecule has 0 bridgehead atoms. The summed E-state index contributed by atoms with van der Waals surface area (Å²) in [6, 6.07) is 11.8. The molecule has 3 aromatic rings. The highest BCUT2D eigenvalue weighted by molar-refractivity contribution is 5.78. The molecule has 2 heterocycles. The Bertz CT molecular complexity index is 747. The number of rotatable bonds is 4. The summed E-state index contributed by atoms with van der Waals surface area (Å²) in [6.45, 7) is 2.06. The van der Waals surface area contributed by atoms with Crippen LogP contribution in [-0.2, 0) is 6.42 Å². The van der Waals surface area contributed by atoms with Gasteiger partial charge in [0.05, 0.1) is 13.2 Å². The van der Waals surface area contributed by atoms with Crippen molar-refractivity contribution < 1.29 is 9.15 Å². The van der Waals surface area contributed by atoms with Crippen molar-refractivity contribution in [2.75, 3.05) is 7.11 Å². The first kappa shape index (κ1) is 13.6. The van der Waals surface area contributed by atoms with E-state index in [1.807, 2.05) is 30.3 Å². The first-order chi connectivity index (χ1) is 10.2. The Morgan fingerprint density at radius 3 is 2.81 bits per heavy atom. The van der Waals surface area contributed by atoms with Crippen molar-refractivity contribution >= 4 is 11.0 Å². The Kier molecular flexibility index (Phi) is 3.62. The van der Waals surface area contributed by atoms with Crippen molar-refractivity contribution in [2.45, 2.75) is 19.4 Å². The third-order valence-electron chi connectivity index (χ3n) is 3.52. The molecule has 4 nitrogen and oxygen atoms in total. The first-order valence-corrected chi connectivity index (χ1v) is 6.90. The molecule has 0 aliphatic carbocycles. The largest absolute Gasteiger partial charge is 0.481 e. The summed E-state index contributed by atoms with van der Waals surface area (Å²) in [5.41, 5.74) is 9.39. The minimum atomic E-state index is -0.187. The van der Waals surface area contributed by atoms with E-state index in [-0.39, 0.29) is 6.04 Å². The minimum Gasteiger partial charge on any atom is -0.481 e. The zero-order chi connectivity index (χ0) is 14.8. The lowest BCUT2D eigenvalue weighted by Crippen LogP contribution is -2.12. The average Bonchev–Trinajstić information content (AvgIpc) is 2.91. The molecule has 0 saturated carbocycles. The standard InChI is InChI=1S/C17H18N2O2/c1-11-3-5-15-13(7-11)9-16(21-15)14(18)8-12-4-6-17(20-2)19-10-12/h3-7,9-10,14H,8,18H2,1-2H3. The van der Waals surface area contributed by atoms with Crippen LogP contribution in [0.15, 0.2) is 47.0 Å². The van der Waals surface area contributed by atoms with Crippen LogP contribution in [0.2, 0.25) is 0 Å². The summed E-state index contributed by atoms with van der Waals surface area (Å²) < 4.78 is 10.9. The predicted molar refractivity (Wildman–Crippen MR) is 82.4 cm³/mol. The Hall–Kier alpha value is -2.33. The van der Waals surface area contributed by atoms with Gasteiger partial charge in [-0.15, -0.1) is 0 Å². The second kappa shape index (κ2) is 5.58. The van der Waals surface area contributed by atoms with E-state index in [1.165, 1.54) is 5.56 Å². The number of fused-ring (bicyclic) bond motifs is 1. The third kappa shape index (κ3) is 2.90. The molecule has 3 rings (SSSR count). The number of nitrogens with two attached hydrogens (primary N) is 1. The van der Waals surface area contributed by atoms with E-state index in [2.05, 4.69) is 18.0 Å². The molecular weight excluding hydrogens is 264 g/mol. The first-order valence-electron chi connectivity index (χ1n) is 6.90. The van der Waals surface area contributed by atoms with Crippen LogP contribution in [0.3, 0.4) is 0 Å². The minimum absolute atomic E-state index is 0.187. The van der Waals surface area contributed by atoms with Gasteiger partial charge in [0, 0.05) is 17.6 Å². The van der Waals surface area contributed by atoms with Gasteiger partial charge in [0.1, 0.15) is 11.3 Å². The van der Waals surface area contributed by atoms with Crippen LogP contribution in [0, 0.1) is 6.92 Å². The number of aryl methyl sites for hydroxylation is 1. The lowest BCUT2D eigenvalue weighted by molar-refractivity contribution is 0.397. The molecule has 1 unspecified atom stereocenters. The molecule has 0 saturated heterocycles. The van der Waals surface area contributed by atoms with Crippen molar-refractivity contribution in [3.8, 4) is 5.88 Å². The lowest BCUT2D eigenvalue weighted by atomic mass is 10.1. The van der Waals surface area contributed by atoms with Gasteiger partial charge in [-0.1, -0.05) is 17.7 Å². The van der Waals surface area contributed by atoms with Gasteiger partial charge < -0.3 is 14.9 Å². The van der Waals surface area contributed by atoms with Crippen LogP contribution in [0.4, 0.5) is 0 Å². The molecule has 4 heteroatoms. The third-order valence-corrected chi connectivity index (χ3v) is 3.52. The van der Waals surface area contributed by atoms with E-state index < -0.39 is 0 Å². The van der Waals surface area contributed by atoms with E-state index in [4.69, 9.17) is 14.9 Å². The predicted octanol–water partition coefficient (Wildman–Crippen LogP) is 3.39. The fourth-order valence-corrected chi connectivity index (χ4v) is 2.37. The van der Waals surface area contributed by atoms with Gasteiger partial charge in [0.25, 0.3) is 0 Å². The maximum atomic E-state index is 6.25. The van der Waals surface area contributed by atoms with Crippen molar-refractivity contribution in [3.63, 3.8) is 0 Å². The molecule has 0 aliphatic rings. The summed E-state index contributed by atoms with van der Waals surface area (Å²) in [7, 11) is 1.60.